The quantitative estimate of drug-likeness (QED) is 0.861. The van der Waals surface area contributed by atoms with Crippen LogP contribution in [0.4, 0.5) is 5.69 Å². The molecule has 1 aromatic rings. The van der Waals surface area contributed by atoms with Crippen LogP contribution < -0.4 is 10.9 Å². The Bertz CT molecular complexity index is 646. The normalized spacial score (nSPS) is 36.5. The monoisotopic (exact) mass is 333 g/mol. The van der Waals surface area contributed by atoms with E-state index in [1.165, 1.54) is 23.9 Å². The Morgan fingerprint density at radius 3 is 2.80 bits per heavy atom. The third-order valence-electron chi connectivity index (χ3n) is 5.28. The fourth-order valence-electron chi connectivity index (χ4n) is 4.46. The third-order valence-corrected chi connectivity index (χ3v) is 6.05. The smallest absolute Gasteiger partial charge is 0.284 e. The summed E-state index contributed by atoms with van der Waals surface area (Å²) in [4.78, 5) is 12.1. The Morgan fingerprint density at radius 2 is 2.15 bits per heavy atom. The van der Waals surface area contributed by atoms with Crippen molar-refractivity contribution in [3.63, 3.8) is 0 Å². The number of fused-ring (bicyclic) bond motifs is 5. The number of hydrogen-bond acceptors (Lipinski definition) is 3. The number of halogens is 1. The van der Waals surface area contributed by atoms with Gasteiger partial charge in [-0.05, 0) is 58.9 Å². The van der Waals surface area contributed by atoms with Crippen molar-refractivity contribution in [2.24, 2.45) is 23.7 Å². The number of nitrogens with one attached hydrogen (secondary N) is 1. The molecule has 20 heavy (non-hydrogen) atoms. The number of terminal acetylenes is 1. The molecule has 5 heteroatoms. The molecule has 2 bridgehead atoms. The molecule has 104 valence electrons. The summed E-state index contributed by atoms with van der Waals surface area (Å²) in [7, 11) is 0. The van der Waals surface area contributed by atoms with Gasteiger partial charge in [0.25, 0.3) is 5.56 Å². The molecule has 4 atom stereocenters. The van der Waals surface area contributed by atoms with Crippen molar-refractivity contribution < 1.29 is 0 Å². The average Bonchev–Trinajstić information content (AvgIpc) is 2.83. The molecule has 4 nitrogen and oxygen atoms in total. The van der Waals surface area contributed by atoms with E-state index in [2.05, 4.69) is 32.3 Å². The van der Waals surface area contributed by atoms with E-state index >= 15 is 0 Å². The molecule has 0 amide bonds. The zero-order valence-corrected chi connectivity index (χ0v) is 12.6. The molecular weight excluding hydrogens is 318 g/mol. The van der Waals surface area contributed by atoms with E-state index in [9.17, 15) is 4.79 Å². The van der Waals surface area contributed by atoms with Crippen molar-refractivity contribution in [3.05, 3.63) is 21.0 Å². The van der Waals surface area contributed by atoms with E-state index in [0.717, 1.165) is 29.4 Å². The molecular formula is C15H16BrN3O. The predicted octanol–water partition coefficient (Wildman–Crippen LogP) is 2.10. The summed E-state index contributed by atoms with van der Waals surface area (Å²) in [6.45, 7) is 0.205. The van der Waals surface area contributed by atoms with Gasteiger partial charge in [0.15, 0.2) is 0 Å². The molecule has 3 saturated carbocycles. The lowest BCUT2D eigenvalue weighted by Gasteiger charge is -2.13. The number of hydrogen-bond donors (Lipinski definition) is 1. The second-order valence-electron chi connectivity index (χ2n) is 6.20. The highest BCUT2D eigenvalue weighted by molar-refractivity contribution is 9.10. The standard InChI is InChI=1S/C15H16BrN3O/c1-2-5-19-15(20)13(16)10(7-17-19)18-14-11-8-3-4-9(6-8)12(11)14/h1,7-9,11-12,14,18H,3-6H2. The minimum Gasteiger partial charge on any atom is -0.379 e. The minimum atomic E-state index is -0.165. The molecule has 3 aliphatic carbocycles. The van der Waals surface area contributed by atoms with Crippen LogP contribution >= 0.6 is 15.9 Å². The van der Waals surface area contributed by atoms with Crippen molar-refractivity contribution in [1.29, 1.82) is 0 Å². The van der Waals surface area contributed by atoms with Crippen LogP contribution in [-0.4, -0.2) is 15.8 Å². The number of rotatable bonds is 3. The van der Waals surface area contributed by atoms with Crippen molar-refractivity contribution in [2.75, 3.05) is 5.32 Å². The largest absolute Gasteiger partial charge is 0.379 e. The molecule has 4 rings (SSSR count). The number of anilines is 1. The van der Waals surface area contributed by atoms with Crippen LogP contribution in [0.3, 0.4) is 0 Å². The van der Waals surface area contributed by atoms with Gasteiger partial charge in [-0.2, -0.15) is 5.10 Å². The van der Waals surface area contributed by atoms with Crippen LogP contribution in [-0.2, 0) is 6.54 Å². The van der Waals surface area contributed by atoms with Gasteiger partial charge in [-0.15, -0.1) is 6.42 Å². The van der Waals surface area contributed by atoms with Gasteiger partial charge >= 0.3 is 0 Å². The van der Waals surface area contributed by atoms with Crippen LogP contribution in [0.5, 0.6) is 0 Å². The average molecular weight is 334 g/mol. The number of nitrogens with zero attached hydrogens (tertiary/aromatic N) is 2. The van der Waals surface area contributed by atoms with Gasteiger partial charge in [0.2, 0.25) is 0 Å². The maximum atomic E-state index is 12.1. The highest BCUT2D eigenvalue weighted by atomic mass is 79.9. The van der Waals surface area contributed by atoms with E-state index < -0.39 is 0 Å². The molecule has 4 unspecified atom stereocenters. The molecule has 3 fully saturated rings. The van der Waals surface area contributed by atoms with E-state index in [1.54, 1.807) is 6.20 Å². The van der Waals surface area contributed by atoms with Crippen LogP contribution in [0.1, 0.15) is 19.3 Å². The summed E-state index contributed by atoms with van der Waals surface area (Å²) in [5, 5.41) is 7.65. The Balaban J connectivity index is 1.55. The molecule has 0 saturated heterocycles. The van der Waals surface area contributed by atoms with Gasteiger partial charge < -0.3 is 5.32 Å². The third kappa shape index (κ3) is 1.67. The minimum absolute atomic E-state index is 0.165. The first-order chi connectivity index (χ1) is 9.70. The molecule has 1 heterocycles. The molecule has 0 radical (unpaired) electrons. The first kappa shape index (κ1) is 12.5. The summed E-state index contributed by atoms with van der Waals surface area (Å²) in [5.41, 5.74) is 0.642. The molecule has 0 aromatic carbocycles. The first-order valence-electron chi connectivity index (χ1n) is 7.16. The highest BCUT2D eigenvalue weighted by Crippen LogP contribution is 2.66. The van der Waals surface area contributed by atoms with Crippen LogP contribution in [0.15, 0.2) is 15.5 Å². The first-order valence-corrected chi connectivity index (χ1v) is 7.95. The second-order valence-corrected chi connectivity index (χ2v) is 6.99. The summed E-state index contributed by atoms with van der Waals surface area (Å²) in [6, 6.07) is 0.544. The number of aromatic nitrogens is 2. The van der Waals surface area contributed by atoms with E-state index in [-0.39, 0.29) is 12.1 Å². The molecule has 3 aliphatic rings. The van der Waals surface area contributed by atoms with E-state index in [4.69, 9.17) is 6.42 Å². The van der Waals surface area contributed by atoms with E-state index in [1.807, 2.05) is 0 Å². The maximum absolute atomic E-state index is 12.1. The Morgan fingerprint density at radius 1 is 1.45 bits per heavy atom. The van der Waals surface area contributed by atoms with Crippen molar-refractivity contribution >= 4 is 21.6 Å². The lowest BCUT2D eigenvalue weighted by atomic mass is 10.0. The summed E-state index contributed by atoms with van der Waals surface area (Å²) >= 11 is 3.38. The summed E-state index contributed by atoms with van der Waals surface area (Å²) < 4.78 is 1.84. The topological polar surface area (TPSA) is 46.9 Å². The molecule has 1 N–H and O–H groups in total. The van der Waals surface area contributed by atoms with Gasteiger partial charge in [0, 0.05) is 6.04 Å². The van der Waals surface area contributed by atoms with Gasteiger partial charge in [0.1, 0.15) is 11.0 Å². The van der Waals surface area contributed by atoms with Crippen LogP contribution in [0, 0.1) is 36.0 Å². The van der Waals surface area contributed by atoms with Crippen LogP contribution in [0.25, 0.3) is 0 Å². The van der Waals surface area contributed by atoms with Crippen molar-refractivity contribution in [3.8, 4) is 12.3 Å². The molecule has 1 aromatic heterocycles. The Hall–Kier alpha value is -1.28. The van der Waals surface area contributed by atoms with E-state index in [0.29, 0.717) is 10.5 Å². The van der Waals surface area contributed by atoms with Gasteiger partial charge in [-0.25, -0.2) is 4.68 Å². The second kappa shape index (κ2) is 4.36. The molecule has 0 spiro atoms. The van der Waals surface area contributed by atoms with Gasteiger partial charge in [-0.1, -0.05) is 5.92 Å². The highest BCUT2D eigenvalue weighted by Gasteiger charge is 2.65. The zero-order valence-electron chi connectivity index (χ0n) is 11.1. The molecule has 0 aliphatic heterocycles. The van der Waals surface area contributed by atoms with Crippen molar-refractivity contribution in [2.45, 2.75) is 31.8 Å². The lowest BCUT2D eigenvalue weighted by molar-refractivity contribution is 0.456. The zero-order chi connectivity index (χ0) is 13.9. The SMILES string of the molecule is C#CCn1ncc(NC2C3C4CCC(C4)C23)c(Br)c1=O. The fraction of sp³-hybridized carbons (Fsp3) is 0.600. The maximum Gasteiger partial charge on any atom is 0.284 e. The van der Waals surface area contributed by atoms with Gasteiger partial charge in [-0.3, -0.25) is 4.79 Å². The van der Waals surface area contributed by atoms with Gasteiger partial charge in [0.05, 0.1) is 11.9 Å². The van der Waals surface area contributed by atoms with Crippen LogP contribution in [0.2, 0.25) is 0 Å². The fourth-order valence-corrected chi connectivity index (χ4v) is 4.88. The summed E-state index contributed by atoms with van der Waals surface area (Å²) in [5.74, 6) is 5.92. The Kier molecular flexibility index (Phi) is 2.71. The lowest BCUT2D eigenvalue weighted by Crippen LogP contribution is -2.25. The van der Waals surface area contributed by atoms with Crippen molar-refractivity contribution in [1.82, 2.24) is 9.78 Å². The Labute approximate surface area is 126 Å². The predicted molar refractivity (Wildman–Crippen MR) is 80.3 cm³/mol. The summed E-state index contributed by atoms with van der Waals surface area (Å²) in [6.07, 6.45) is 11.2.